The Kier molecular flexibility index (Phi) is 5.47. The minimum atomic E-state index is 0.218. The number of carbonyl (C=O) groups is 1. The molecule has 1 aromatic heterocycles. The molecule has 4 heteroatoms. The van der Waals surface area contributed by atoms with Crippen molar-refractivity contribution in [3.05, 3.63) is 57.8 Å². The summed E-state index contributed by atoms with van der Waals surface area (Å²) in [6.07, 6.45) is 2.35. The van der Waals surface area contributed by atoms with E-state index in [2.05, 4.69) is 35.4 Å². The van der Waals surface area contributed by atoms with Gasteiger partial charge in [-0.15, -0.1) is 11.3 Å². The third-order valence-electron chi connectivity index (χ3n) is 4.30. The molecule has 1 saturated heterocycles. The van der Waals surface area contributed by atoms with Crippen molar-refractivity contribution in [1.29, 1.82) is 0 Å². The summed E-state index contributed by atoms with van der Waals surface area (Å²) < 4.78 is 5.46. The van der Waals surface area contributed by atoms with Gasteiger partial charge in [0.05, 0.1) is 13.0 Å². The molecule has 3 nitrogen and oxygen atoms in total. The van der Waals surface area contributed by atoms with Gasteiger partial charge in [0.1, 0.15) is 0 Å². The molecule has 0 spiro atoms. The van der Waals surface area contributed by atoms with Crippen LogP contribution in [-0.2, 0) is 22.5 Å². The maximum atomic E-state index is 12.9. The summed E-state index contributed by atoms with van der Waals surface area (Å²) in [5.41, 5.74) is 2.30. The summed E-state index contributed by atoms with van der Waals surface area (Å²) in [5.74, 6) is 0.218. The lowest BCUT2D eigenvalue weighted by molar-refractivity contribution is -0.135. The van der Waals surface area contributed by atoms with Gasteiger partial charge < -0.3 is 9.64 Å². The van der Waals surface area contributed by atoms with E-state index >= 15 is 0 Å². The summed E-state index contributed by atoms with van der Waals surface area (Å²) >= 11 is 1.72. The lowest BCUT2D eigenvalue weighted by atomic mass is 10.0. The van der Waals surface area contributed by atoms with Gasteiger partial charge in [-0.25, -0.2) is 0 Å². The SMILES string of the molecule is Cc1cccc(CC(=O)N(Cc2cccs2)C2CCOCC2)c1. The molecule has 2 aromatic rings. The molecule has 1 aromatic carbocycles. The minimum absolute atomic E-state index is 0.218. The fraction of sp³-hybridized carbons (Fsp3) is 0.421. The molecular weight excluding hydrogens is 306 g/mol. The van der Waals surface area contributed by atoms with Crippen LogP contribution in [0.1, 0.15) is 28.8 Å². The van der Waals surface area contributed by atoms with Crippen molar-refractivity contribution < 1.29 is 9.53 Å². The number of thiophene rings is 1. The summed E-state index contributed by atoms with van der Waals surface area (Å²) in [7, 11) is 0. The summed E-state index contributed by atoms with van der Waals surface area (Å²) in [6, 6.07) is 12.7. The fourth-order valence-electron chi connectivity index (χ4n) is 3.09. The number of aryl methyl sites for hydroxylation is 1. The van der Waals surface area contributed by atoms with Gasteiger partial charge in [-0.2, -0.15) is 0 Å². The number of carbonyl (C=O) groups excluding carboxylic acids is 1. The lowest BCUT2D eigenvalue weighted by Gasteiger charge is -2.34. The lowest BCUT2D eigenvalue weighted by Crippen LogP contribution is -2.43. The second-order valence-corrected chi connectivity index (χ2v) is 7.14. The van der Waals surface area contributed by atoms with E-state index in [9.17, 15) is 4.79 Å². The fourth-order valence-corrected chi connectivity index (χ4v) is 3.79. The van der Waals surface area contributed by atoms with Gasteiger partial charge in [0.25, 0.3) is 0 Å². The van der Waals surface area contributed by atoms with Gasteiger partial charge >= 0.3 is 0 Å². The Morgan fingerprint density at radius 3 is 2.78 bits per heavy atom. The van der Waals surface area contributed by atoms with Crippen LogP contribution in [0, 0.1) is 6.92 Å². The molecule has 1 fully saturated rings. The number of hydrogen-bond acceptors (Lipinski definition) is 3. The average Bonchev–Trinajstić information content (AvgIpc) is 3.06. The van der Waals surface area contributed by atoms with Crippen molar-refractivity contribution in [3.8, 4) is 0 Å². The van der Waals surface area contributed by atoms with Crippen LogP contribution < -0.4 is 0 Å². The maximum absolute atomic E-state index is 12.9. The molecule has 0 aliphatic carbocycles. The number of ether oxygens (including phenoxy) is 1. The zero-order valence-corrected chi connectivity index (χ0v) is 14.3. The zero-order valence-electron chi connectivity index (χ0n) is 13.5. The van der Waals surface area contributed by atoms with Crippen LogP contribution >= 0.6 is 11.3 Å². The van der Waals surface area contributed by atoms with Crippen molar-refractivity contribution in [2.45, 2.75) is 38.8 Å². The van der Waals surface area contributed by atoms with E-state index in [1.165, 1.54) is 10.4 Å². The molecule has 0 atom stereocenters. The first kappa shape index (κ1) is 16.2. The number of hydrogen-bond donors (Lipinski definition) is 0. The van der Waals surface area contributed by atoms with Crippen LogP contribution in [0.3, 0.4) is 0 Å². The van der Waals surface area contributed by atoms with E-state index < -0.39 is 0 Å². The monoisotopic (exact) mass is 329 g/mol. The van der Waals surface area contributed by atoms with E-state index in [0.717, 1.165) is 31.6 Å². The van der Waals surface area contributed by atoms with Crippen LogP contribution in [0.25, 0.3) is 0 Å². The van der Waals surface area contributed by atoms with Crippen molar-refractivity contribution in [3.63, 3.8) is 0 Å². The zero-order chi connectivity index (χ0) is 16.1. The van der Waals surface area contributed by atoms with E-state index in [-0.39, 0.29) is 5.91 Å². The van der Waals surface area contributed by atoms with E-state index in [0.29, 0.717) is 19.0 Å². The largest absolute Gasteiger partial charge is 0.381 e. The van der Waals surface area contributed by atoms with E-state index in [1.54, 1.807) is 11.3 Å². The number of amides is 1. The van der Waals surface area contributed by atoms with Crippen molar-refractivity contribution in [2.75, 3.05) is 13.2 Å². The summed E-state index contributed by atoms with van der Waals surface area (Å²) in [4.78, 5) is 16.2. The van der Waals surface area contributed by atoms with Crippen LogP contribution in [0.15, 0.2) is 41.8 Å². The molecule has 0 saturated carbocycles. The first-order valence-electron chi connectivity index (χ1n) is 8.17. The van der Waals surface area contributed by atoms with Gasteiger partial charge in [0, 0.05) is 24.1 Å². The van der Waals surface area contributed by atoms with Crippen LogP contribution in [-0.4, -0.2) is 30.1 Å². The smallest absolute Gasteiger partial charge is 0.227 e. The molecule has 122 valence electrons. The Hall–Kier alpha value is -1.65. The highest BCUT2D eigenvalue weighted by molar-refractivity contribution is 7.09. The molecule has 1 amide bonds. The molecule has 0 N–H and O–H groups in total. The topological polar surface area (TPSA) is 29.5 Å². The van der Waals surface area contributed by atoms with Crippen LogP contribution in [0.5, 0.6) is 0 Å². The minimum Gasteiger partial charge on any atom is -0.381 e. The van der Waals surface area contributed by atoms with Gasteiger partial charge in [-0.1, -0.05) is 35.9 Å². The third-order valence-corrected chi connectivity index (χ3v) is 5.16. The summed E-state index contributed by atoms with van der Waals surface area (Å²) in [5, 5.41) is 2.07. The molecule has 23 heavy (non-hydrogen) atoms. The summed E-state index contributed by atoms with van der Waals surface area (Å²) in [6.45, 7) is 4.29. The molecular formula is C19H23NO2S. The second-order valence-electron chi connectivity index (χ2n) is 6.11. The highest BCUT2D eigenvalue weighted by Crippen LogP contribution is 2.21. The first-order chi connectivity index (χ1) is 11.2. The number of rotatable bonds is 5. The van der Waals surface area contributed by atoms with Gasteiger partial charge in [-0.3, -0.25) is 4.79 Å². The predicted octanol–water partition coefficient (Wildman–Crippen LogP) is 3.81. The van der Waals surface area contributed by atoms with E-state index in [1.807, 2.05) is 18.2 Å². The van der Waals surface area contributed by atoms with Gasteiger partial charge in [0.2, 0.25) is 5.91 Å². The normalized spacial score (nSPS) is 15.5. The van der Waals surface area contributed by atoms with Crippen molar-refractivity contribution in [2.24, 2.45) is 0 Å². The Labute approximate surface area is 141 Å². The quantitative estimate of drug-likeness (QED) is 0.835. The standard InChI is InChI=1S/C19H23NO2S/c1-15-4-2-5-16(12-15)13-19(21)20(14-18-6-3-11-23-18)17-7-9-22-10-8-17/h2-6,11-12,17H,7-10,13-14H2,1H3. The first-order valence-corrected chi connectivity index (χ1v) is 9.05. The highest BCUT2D eigenvalue weighted by atomic mass is 32.1. The molecule has 1 aliphatic rings. The number of nitrogens with zero attached hydrogens (tertiary/aromatic N) is 1. The van der Waals surface area contributed by atoms with Crippen molar-refractivity contribution >= 4 is 17.2 Å². The molecule has 0 bridgehead atoms. The molecule has 2 heterocycles. The Balaban J connectivity index is 1.74. The van der Waals surface area contributed by atoms with Crippen LogP contribution in [0.2, 0.25) is 0 Å². The molecule has 3 rings (SSSR count). The van der Waals surface area contributed by atoms with Crippen LogP contribution in [0.4, 0.5) is 0 Å². The Morgan fingerprint density at radius 1 is 1.26 bits per heavy atom. The van der Waals surface area contributed by atoms with Gasteiger partial charge in [0.15, 0.2) is 0 Å². The third kappa shape index (κ3) is 4.43. The molecule has 1 aliphatic heterocycles. The molecule has 0 radical (unpaired) electrons. The average molecular weight is 329 g/mol. The van der Waals surface area contributed by atoms with Crippen molar-refractivity contribution in [1.82, 2.24) is 4.90 Å². The second kappa shape index (κ2) is 7.75. The van der Waals surface area contributed by atoms with Gasteiger partial charge in [-0.05, 0) is 36.8 Å². The maximum Gasteiger partial charge on any atom is 0.227 e. The molecule has 0 unspecified atom stereocenters. The Bertz CT molecular complexity index is 633. The Morgan fingerprint density at radius 2 is 2.09 bits per heavy atom. The van der Waals surface area contributed by atoms with E-state index in [4.69, 9.17) is 4.74 Å². The number of benzene rings is 1. The highest BCUT2D eigenvalue weighted by Gasteiger charge is 2.26. The predicted molar refractivity (Wildman–Crippen MR) is 93.6 cm³/mol.